The Labute approximate surface area is 147 Å². The molecule has 0 spiro atoms. The minimum atomic E-state index is -0.492. The fourth-order valence-electron chi connectivity index (χ4n) is 2.26. The SMILES string of the molecule is COC(=O)c1cc2ccc(C=CCCNC(=O)OC(C)(C)C)cc2[nH]1. The Morgan fingerprint density at radius 3 is 2.68 bits per heavy atom. The second-order valence-corrected chi connectivity index (χ2v) is 6.64. The number of carbonyl (C=O) groups excluding carboxylic acids is 2. The molecule has 134 valence electrons. The molecule has 2 rings (SSSR count). The lowest BCUT2D eigenvalue weighted by atomic mass is 10.1. The summed E-state index contributed by atoms with van der Waals surface area (Å²) in [5.41, 5.74) is 1.81. The maximum absolute atomic E-state index is 11.5. The van der Waals surface area contributed by atoms with Crippen LogP contribution in [0.5, 0.6) is 0 Å². The number of ether oxygens (including phenoxy) is 2. The van der Waals surface area contributed by atoms with Gasteiger partial charge in [-0.25, -0.2) is 9.59 Å². The number of benzene rings is 1. The highest BCUT2D eigenvalue weighted by molar-refractivity contribution is 5.95. The summed E-state index contributed by atoms with van der Waals surface area (Å²) in [4.78, 5) is 26.1. The van der Waals surface area contributed by atoms with E-state index in [-0.39, 0.29) is 5.97 Å². The molecule has 1 aromatic heterocycles. The van der Waals surface area contributed by atoms with Crippen molar-refractivity contribution in [1.29, 1.82) is 0 Å². The lowest BCUT2D eigenvalue weighted by Gasteiger charge is -2.19. The minimum absolute atomic E-state index is 0.387. The highest BCUT2D eigenvalue weighted by Gasteiger charge is 2.15. The van der Waals surface area contributed by atoms with Crippen LogP contribution < -0.4 is 5.32 Å². The summed E-state index contributed by atoms with van der Waals surface area (Å²) in [6, 6.07) is 7.63. The Balaban J connectivity index is 1.88. The van der Waals surface area contributed by atoms with Crippen LogP contribution in [-0.2, 0) is 9.47 Å². The lowest BCUT2D eigenvalue weighted by Crippen LogP contribution is -2.32. The molecule has 0 aliphatic rings. The van der Waals surface area contributed by atoms with Gasteiger partial charge in [0.15, 0.2) is 0 Å². The van der Waals surface area contributed by atoms with Crippen LogP contribution in [0.1, 0.15) is 43.2 Å². The van der Waals surface area contributed by atoms with Crippen molar-refractivity contribution < 1.29 is 19.1 Å². The van der Waals surface area contributed by atoms with E-state index in [0.29, 0.717) is 18.7 Å². The minimum Gasteiger partial charge on any atom is -0.464 e. The van der Waals surface area contributed by atoms with Crippen LogP contribution in [0.25, 0.3) is 17.0 Å². The van der Waals surface area contributed by atoms with Crippen molar-refractivity contribution in [1.82, 2.24) is 10.3 Å². The van der Waals surface area contributed by atoms with E-state index in [1.807, 2.05) is 51.1 Å². The maximum atomic E-state index is 11.5. The zero-order chi connectivity index (χ0) is 18.4. The van der Waals surface area contributed by atoms with Crippen molar-refractivity contribution in [2.24, 2.45) is 0 Å². The Hall–Kier alpha value is -2.76. The molecular formula is C19H24N2O4. The van der Waals surface area contributed by atoms with Gasteiger partial charge in [0, 0.05) is 17.4 Å². The van der Waals surface area contributed by atoms with Crippen LogP contribution >= 0.6 is 0 Å². The molecule has 0 saturated carbocycles. The Morgan fingerprint density at radius 2 is 2.00 bits per heavy atom. The normalized spacial score (nSPS) is 11.7. The van der Waals surface area contributed by atoms with Crippen LogP contribution in [0.2, 0.25) is 0 Å². The van der Waals surface area contributed by atoms with Crippen LogP contribution in [0, 0.1) is 0 Å². The summed E-state index contributed by atoms with van der Waals surface area (Å²) in [5.74, 6) is -0.387. The molecule has 0 fully saturated rings. The van der Waals surface area contributed by atoms with Gasteiger partial charge in [-0.05, 0) is 44.9 Å². The molecule has 2 aromatic rings. The first-order chi connectivity index (χ1) is 11.8. The van der Waals surface area contributed by atoms with Crippen molar-refractivity contribution in [3.05, 3.63) is 41.6 Å². The zero-order valence-corrected chi connectivity index (χ0v) is 15.0. The van der Waals surface area contributed by atoms with Gasteiger partial charge in [-0.2, -0.15) is 0 Å². The molecule has 0 bridgehead atoms. The quantitative estimate of drug-likeness (QED) is 0.637. The standard InChI is InChI=1S/C19H24N2O4/c1-19(2,3)25-18(23)20-10-6-5-7-13-8-9-14-12-16(17(22)24-4)21-15(14)11-13/h5,7-9,11-12,21H,6,10H2,1-4H3,(H,20,23). The Morgan fingerprint density at radius 1 is 1.24 bits per heavy atom. The molecule has 0 radical (unpaired) electrons. The van der Waals surface area contributed by atoms with Crippen molar-refractivity contribution in [3.63, 3.8) is 0 Å². The number of aromatic nitrogens is 1. The number of H-pyrrole nitrogens is 1. The molecule has 1 amide bonds. The van der Waals surface area contributed by atoms with E-state index < -0.39 is 11.7 Å². The molecule has 1 heterocycles. The second-order valence-electron chi connectivity index (χ2n) is 6.64. The molecule has 6 heteroatoms. The number of carbonyl (C=O) groups is 2. The van der Waals surface area contributed by atoms with Gasteiger partial charge in [0.05, 0.1) is 7.11 Å². The number of aromatic amines is 1. The monoisotopic (exact) mass is 344 g/mol. The number of fused-ring (bicyclic) bond motifs is 1. The fourth-order valence-corrected chi connectivity index (χ4v) is 2.26. The summed E-state index contributed by atoms with van der Waals surface area (Å²) in [7, 11) is 1.35. The third-order valence-corrected chi connectivity index (χ3v) is 3.34. The smallest absolute Gasteiger partial charge is 0.407 e. The van der Waals surface area contributed by atoms with Gasteiger partial charge in [-0.3, -0.25) is 0 Å². The highest BCUT2D eigenvalue weighted by atomic mass is 16.6. The number of methoxy groups -OCH3 is 1. The first-order valence-corrected chi connectivity index (χ1v) is 8.13. The summed E-state index contributed by atoms with van der Waals surface area (Å²) in [6.45, 7) is 5.99. The second kappa shape index (κ2) is 7.88. The van der Waals surface area contributed by atoms with Crippen molar-refractivity contribution in [3.8, 4) is 0 Å². The third kappa shape index (κ3) is 5.67. The molecular weight excluding hydrogens is 320 g/mol. The number of rotatable bonds is 5. The summed E-state index contributed by atoms with van der Waals surface area (Å²) < 4.78 is 9.87. The van der Waals surface area contributed by atoms with Crippen LogP contribution in [0.3, 0.4) is 0 Å². The van der Waals surface area contributed by atoms with Gasteiger partial charge in [-0.15, -0.1) is 0 Å². The molecule has 0 saturated heterocycles. The van der Waals surface area contributed by atoms with E-state index in [1.54, 1.807) is 6.07 Å². The summed E-state index contributed by atoms with van der Waals surface area (Å²) >= 11 is 0. The van der Waals surface area contributed by atoms with Gasteiger partial charge in [-0.1, -0.05) is 24.3 Å². The molecule has 0 atom stereocenters. The number of hydrogen-bond acceptors (Lipinski definition) is 4. The number of alkyl carbamates (subject to hydrolysis) is 1. The van der Waals surface area contributed by atoms with Crippen LogP contribution in [0.15, 0.2) is 30.3 Å². The van der Waals surface area contributed by atoms with Crippen molar-refractivity contribution in [2.75, 3.05) is 13.7 Å². The average molecular weight is 344 g/mol. The molecule has 0 aliphatic heterocycles. The Bertz CT molecular complexity index is 784. The first-order valence-electron chi connectivity index (χ1n) is 8.13. The fraction of sp³-hybridized carbons (Fsp3) is 0.368. The first kappa shape index (κ1) is 18.6. The zero-order valence-electron chi connectivity index (χ0n) is 15.0. The van der Waals surface area contributed by atoms with E-state index in [2.05, 4.69) is 10.3 Å². The maximum Gasteiger partial charge on any atom is 0.407 e. The van der Waals surface area contributed by atoms with Gasteiger partial charge < -0.3 is 19.8 Å². The number of esters is 1. The van der Waals surface area contributed by atoms with Crippen LogP contribution in [-0.4, -0.2) is 36.3 Å². The molecule has 25 heavy (non-hydrogen) atoms. The number of amides is 1. The molecule has 1 aromatic carbocycles. The highest BCUT2D eigenvalue weighted by Crippen LogP contribution is 2.18. The van der Waals surface area contributed by atoms with Crippen molar-refractivity contribution in [2.45, 2.75) is 32.8 Å². The third-order valence-electron chi connectivity index (χ3n) is 3.34. The van der Waals surface area contributed by atoms with E-state index in [0.717, 1.165) is 16.5 Å². The van der Waals surface area contributed by atoms with Crippen LogP contribution in [0.4, 0.5) is 4.79 Å². The average Bonchev–Trinajstić information content (AvgIpc) is 2.95. The van der Waals surface area contributed by atoms with E-state index in [1.165, 1.54) is 7.11 Å². The molecule has 6 nitrogen and oxygen atoms in total. The van der Waals surface area contributed by atoms with E-state index in [4.69, 9.17) is 9.47 Å². The van der Waals surface area contributed by atoms with Gasteiger partial charge in [0.2, 0.25) is 0 Å². The topological polar surface area (TPSA) is 80.4 Å². The largest absolute Gasteiger partial charge is 0.464 e. The van der Waals surface area contributed by atoms with Gasteiger partial charge in [0.1, 0.15) is 11.3 Å². The molecule has 0 unspecified atom stereocenters. The van der Waals surface area contributed by atoms with Crippen molar-refractivity contribution >= 4 is 29.0 Å². The van der Waals surface area contributed by atoms with E-state index in [9.17, 15) is 9.59 Å². The lowest BCUT2D eigenvalue weighted by molar-refractivity contribution is 0.0527. The summed E-state index contributed by atoms with van der Waals surface area (Å²) in [6.07, 6.45) is 4.22. The predicted octanol–water partition coefficient (Wildman–Crippen LogP) is 3.88. The molecule has 0 aliphatic carbocycles. The number of hydrogen-bond donors (Lipinski definition) is 2. The predicted molar refractivity (Wildman–Crippen MR) is 97.5 cm³/mol. The summed E-state index contributed by atoms with van der Waals surface area (Å²) in [5, 5.41) is 3.66. The van der Waals surface area contributed by atoms with Gasteiger partial charge >= 0.3 is 12.1 Å². The van der Waals surface area contributed by atoms with E-state index >= 15 is 0 Å². The van der Waals surface area contributed by atoms with Gasteiger partial charge in [0.25, 0.3) is 0 Å². The molecule has 2 N–H and O–H groups in total. The Kier molecular flexibility index (Phi) is 5.85. The number of nitrogens with one attached hydrogen (secondary N) is 2.